The van der Waals surface area contributed by atoms with Crippen molar-refractivity contribution in [2.45, 2.75) is 168 Å². The first-order valence-corrected chi connectivity index (χ1v) is 19.5. The molecule has 0 aromatic rings. The van der Waals surface area contributed by atoms with Crippen molar-refractivity contribution in [1.29, 1.82) is 0 Å². The van der Waals surface area contributed by atoms with Crippen LogP contribution in [0, 0.1) is 0 Å². The Labute approximate surface area is 300 Å². The van der Waals surface area contributed by atoms with Gasteiger partial charge in [0.2, 0.25) is 0 Å². The zero-order valence-electron chi connectivity index (χ0n) is 31.4. The van der Waals surface area contributed by atoms with Crippen molar-refractivity contribution in [3.8, 4) is 0 Å². The number of carbonyl (C=O) groups is 3. The second kappa shape index (κ2) is 37.7. The van der Waals surface area contributed by atoms with Gasteiger partial charge in [-0.25, -0.2) is 0 Å². The molecule has 0 N–H and O–H groups in total. The Bertz CT molecular complexity index is 971. The fourth-order valence-electron chi connectivity index (χ4n) is 4.74. The highest BCUT2D eigenvalue weighted by atomic mass is 16.6. The van der Waals surface area contributed by atoms with Crippen molar-refractivity contribution in [3.63, 3.8) is 0 Å². The molecule has 0 spiro atoms. The van der Waals surface area contributed by atoms with E-state index in [2.05, 4.69) is 93.7 Å². The van der Waals surface area contributed by atoms with Crippen molar-refractivity contribution in [3.05, 3.63) is 72.9 Å². The summed E-state index contributed by atoms with van der Waals surface area (Å²) in [4.78, 5) is 37.4. The third kappa shape index (κ3) is 36.0. The second-order valence-corrected chi connectivity index (χ2v) is 12.5. The molecule has 1 atom stereocenters. The summed E-state index contributed by atoms with van der Waals surface area (Å²) < 4.78 is 16.5. The van der Waals surface area contributed by atoms with Crippen molar-refractivity contribution < 1.29 is 28.6 Å². The molecular formula is C43H70O6. The predicted octanol–water partition coefficient (Wildman–Crippen LogP) is 12.0. The minimum atomic E-state index is -0.815. The van der Waals surface area contributed by atoms with Crippen LogP contribution in [0.4, 0.5) is 0 Å². The van der Waals surface area contributed by atoms with Gasteiger partial charge in [0.15, 0.2) is 6.10 Å². The van der Waals surface area contributed by atoms with Crippen LogP contribution in [0.5, 0.6) is 0 Å². The monoisotopic (exact) mass is 683 g/mol. The molecule has 0 aliphatic heterocycles. The van der Waals surface area contributed by atoms with Gasteiger partial charge in [-0.2, -0.15) is 0 Å². The summed E-state index contributed by atoms with van der Waals surface area (Å²) in [6, 6.07) is 0. The van der Waals surface area contributed by atoms with Crippen LogP contribution in [0.25, 0.3) is 0 Å². The van der Waals surface area contributed by atoms with Gasteiger partial charge in [-0.1, -0.05) is 132 Å². The SMILES string of the molecule is CC/C=C\C/C=C\C/C=C\CCCC(=O)OCC(COC(=O)CCC/C=C\CCCCCC)OC(=O)CCCCC/C=C\C=C/CCCC. The van der Waals surface area contributed by atoms with E-state index in [-0.39, 0.29) is 44.0 Å². The van der Waals surface area contributed by atoms with Crippen LogP contribution in [0.15, 0.2) is 72.9 Å². The highest BCUT2D eigenvalue weighted by molar-refractivity contribution is 5.71. The van der Waals surface area contributed by atoms with E-state index in [1.807, 2.05) is 0 Å². The molecule has 0 rings (SSSR count). The summed E-state index contributed by atoms with van der Waals surface area (Å²) in [6.07, 6.45) is 44.8. The van der Waals surface area contributed by atoms with Crippen LogP contribution in [0.1, 0.15) is 162 Å². The number of rotatable bonds is 33. The van der Waals surface area contributed by atoms with Crippen LogP contribution >= 0.6 is 0 Å². The van der Waals surface area contributed by atoms with E-state index in [1.54, 1.807) is 0 Å². The normalized spacial score (nSPS) is 12.8. The number of ether oxygens (including phenoxy) is 3. The summed E-state index contributed by atoms with van der Waals surface area (Å²) in [6.45, 7) is 6.28. The molecule has 278 valence electrons. The number of carbonyl (C=O) groups excluding carboxylic acids is 3. The maximum atomic E-state index is 12.6. The van der Waals surface area contributed by atoms with Crippen LogP contribution < -0.4 is 0 Å². The molecule has 0 aromatic carbocycles. The lowest BCUT2D eigenvalue weighted by atomic mass is 10.1. The van der Waals surface area contributed by atoms with Gasteiger partial charge in [-0.15, -0.1) is 0 Å². The fourth-order valence-corrected chi connectivity index (χ4v) is 4.74. The lowest BCUT2D eigenvalue weighted by molar-refractivity contribution is -0.167. The maximum absolute atomic E-state index is 12.6. The second-order valence-electron chi connectivity index (χ2n) is 12.5. The Morgan fingerprint density at radius 1 is 0.449 bits per heavy atom. The van der Waals surface area contributed by atoms with E-state index >= 15 is 0 Å². The molecule has 0 aliphatic carbocycles. The highest BCUT2D eigenvalue weighted by Gasteiger charge is 2.19. The Kier molecular flexibility index (Phi) is 35.2. The van der Waals surface area contributed by atoms with E-state index in [0.29, 0.717) is 19.3 Å². The average molecular weight is 683 g/mol. The first kappa shape index (κ1) is 45.9. The molecule has 0 radical (unpaired) electrons. The lowest BCUT2D eigenvalue weighted by Crippen LogP contribution is -2.30. The highest BCUT2D eigenvalue weighted by Crippen LogP contribution is 2.10. The fraction of sp³-hybridized carbons (Fsp3) is 0.651. The van der Waals surface area contributed by atoms with Gasteiger partial charge in [-0.3, -0.25) is 14.4 Å². The molecule has 0 aliphatic rings. The molecule has 0 fully saturated rings. The first-order chi connectivity index (χ1) is 24.0. The summed E-state index contributed by atoms with van der Waals surface area (Å²) in [7, 11) is 0. The summed E-state index contributed by atoms with van der Waals surface area (Å²) in [5.74, 6) is -1.05. The van der Waals surface area contributed by atoms with Crippen molar-refractivity contribution in [1.82, 2.24) is 0 Å². The Balaban J connectivity index is 4.55. The van der Waals surface area contributed by atoms with Crippen LogP contribution in [-0.4, -0.2) is 37.2 Å². The minimum absolute atomic E-state index is 0.119. The third-order valence-electron chi connectivity index (χ3n) is 7.69. The number of unbranched alkanes of at least 4 members (excludes halogenated alkanes) is 11. The molecule has 0 saturated heterocycles. The van der Waals surface area contributed by atoms with E-state index in [4.69, 9.17) is 14.2 Å². The molecule has 0 saturated carbocycles. The summed E-state index contributed by atoms with van der Waals surface area (Å²) in [5.41, 5.74) is 0. The molecular weight excluding hydrogens is 612 g/mol. The number of hydrogen-bond donors (Lipinski definition) is 0. The smallest absolute Gasteiger partial charge is 0.306 e. The quantitative estimate of drug-likeness (QED) is 0.0225. The van der Waals surface area contributed by atoms with Crippen LogP contribution in [0.2, 0.25) is 0 Å². The van der Waals surface area contributed by atoms with Gasteiger partial charge in [0.05, 0.1) is 0 Å². The summed E-state index contributed by atoms with van der Waals surface area (Å²) >= 11 is 0. The number of hydrogen-bond acceptors (Lipinski definition) is 6. The molecule has 0 amide bonds. The average Bonchev–Trinajstić information content (AvgIpc) is 3.10. The largest absolute Gasteiger partial charge is 0.462 e. The van der Waals surface area contributed by atoms with Crippen LogP contribution in [0.3, 0.4) is 0 Å². The van der Waals surface area contributed by atoms with E-state index in [1.165, 1.54) is 38.5 Å². The van der Waals surface area contributed by atoms with Crippen molar-refractivity contribution in [2.24, 2.45) is 0 Å². The Hall–Kier alpha value is -3.15. The van der Waals surface area contributed by atoms with Crippen molar-refractivity contribution >= 4 is 17.9 Å². The number of allylic oxidation sites excluding steroid dienone is 12. The first-order valence-electron chi connectivity index (χ1n) is 19.5. The van der Waals surface area contributed by atoms with Gasteiger partial charge < -0.3 is 14.2 Å². The zero-order valence-corrected chi connectivity index (χ0v) is 31.4. The van der Waals surface area contributed by atoms with E-state index in [0.717, 1.165) is 70.6 Å². The zero-order chi connectivity index (χ0) is 35.9. The lowest BCUT2D eigenvalue weighted by Gasteiger charge is -2.18. The molecule has 1 unspecified atom stereocenters. The van der Waals surface area contributed by atoms with Gasteiger partial charge in [0.1, 0.15) is 13.2 Å². The molecule has 6 heteroatoms. The molecule has 49 heavy (non-hydrogen) atoms. The molecule has 0 aromatic heterocycles. The standard InChI is InChI=1S/C43H70O6/c1-4-7-10-13-16-19-21-24-27-30-33-36-42(45)48-39-40(38-47-41(44)35-32-29-26-23-18-15-12-9-6-3)49-43(46)37-34-31-28-25-22-20-17-14-11-8-5-2/h7,10,14,16-17,19-20,22-24,26-27,40H,4-6,8-9,11-13,15,18,21,25,28-39H2,1-3H3/b10-7-,17-14-,19-16-,22-20-,26-23-,27-24-. The third-order valence-corrected chi connectivity index (χ3v) is 7.69. The maximum Gasteiger partial charge on any atom is 0.306 e. The number of esters is 3. The van der Waals surface area contributed by atoms with Gasteiger partial charge in [0.25, 0.3) is 0 Å². The molecule has 0 bridgehead atoms. The predicted molar refractivity (Wildman–Crippen MR) is 205 cm³/mol. The van der Waals surface area contributed by atoms with E-state index < -0.39 is 6.10 Å². The Morgan fingerprint density at radius 2 is 0.898 bits per heavy atom. The Morgan fingerprint density at radius 3 is 1.47 bits per heavy atom. The van der Waals surface area contributed by atoms with Crippen molar-refractivity contribution in [2.75, 3.05) is 13.2 Å². The van der Waals surface area contributed by atoms with Crippen LogP contribution in [-0.2, 0) is 28.6 Å². The summed E-state index contributed by atoms with van der Waals surface area (Å²) in [5, 5.41) is 0. The topological polar surface area (TPSA) is 78.9 Å². The van der Waals surface area contributed by atoms with Gasteiger partial charge in [0, 0.05) is 19.3 Å². The van der Waals surface area contributed by atoms with E-state index in [9.17, 15) is 14.4 Å². The molecule has 6 nitrogen and oxygen atoms in total. The van der Waals surface area contributed by atoms with Gasteiger partial charge >= 0.3 is 17.9 Å². The molecule has 0 heterocycles. The van der Waals surface area contributed by atoms with Gasteiger partial charge in [-0.05, 0) is 83.5 Å². The minimum Gasteiger partial charge on any atom is -0.462 e.